The van der Waals surface area contributed by atoms with E-state index in [1.165, 1.54) is 12.3 Å². The Kier molecular flexibility index (Phi) is 3.97. The molecule has 6 nitrogen and oxygen atoms in total. The number of benzene rings is 1. The average Bonchev–Trinajstić information content (AvgIpc) is 3.31. The van der Waals surface area contributed by atoms with Crippen LogP contribution in [-0.4, -0.2) is 37.5 Å². The summed E-state index contributed by atoms with van der Waals surface area (Å²) in [5.41, 5.74) is 0.936. The van der Waals surface area contributed by atoms with Crippen molar-refractivity contribution in [1.29, 1.82) is 0 Å². The number of halogens is 1. The van der Waals surface area contributed by atoms with Gasteiger partial charge in [0.1, 0.15) is 5.82 Å². The quantitative estimate of drug-likeness (QED) is 0.797. The summed E-state index contributed by atoms with van der Waals surface area (Å²) < 4.78 is 13.9. The minimum atomic E-state index is -0.610. The second kappa shape index (κ2) is 6.43. The standard InChI is InChI=1S/C18H16FN5O/c19-14-11-20-9-8-13(14)18(25)24-10-4-7-15(24)17-21-16(22-23-17)12-5-2-1-3-6-12/h1-3,5-6,8-9,11,15H,4,7,10H2,(H,21,22,23)/t15-/m1/s1. The lowest BCUT2D eigenvalue weighted by atomic mass is 10.1. The summed E-state index contributed by atoms with van der Waals surface area (Å²) in [5, 5.41) is 7.19. The van der Waals surface area contributed by atoms with Gasteiger partial charge in [0, 0.05) is 18.3 Å². The fourth-order valence-electron chi connectivity index (χ4n) is 3.14. The largest absolute Gasteiger partial charge is 0.328 e. The molecule has 1 aliphatic heterocycles. The summed E-state index contributed by atoms with van der Waals surface area (Å²) in [5.74, 6) is 0.255. The second-order valence-electron chi connectivity index (χ2n) is 5.92. The van der Waals surface area contributed by atoms with E-state index in [2.05, 4.69) is 20.2 Å². The maximum absolute atomic E-state index is 13.9. The third-order valence-corrected chi connectivity index (χ3v) is 4.37. The molecule has 4 rings (SSSR count). The van der Waals surface area contributed by atoms with Crippen molar-refractivity contribution in [2.75, 3.05) is 6.54 Å². The SMILES string of the molecule is O=C(c1ccncc1F)N1CCC[C@@H]1c1nc(-c2ccccc2)n[nH]1. The molecule has 1 atom stereocenters. The molecule has 1 fully saturated rings. The lowest BCUT2D eigenvalue weighted by molar-refractivity contribution is 0.0725. The number of pyridine rings is 1. The predicted octanol–water partition coefficient (Wildman–Crippen LogP) is 2.98. The molecule has 0 radical (unpaired) electrons. The number of likely N-dealkylation sites (tertiary alicyclic amines) is 1. The van der Waals surface area contributed by atoms with E-state index in [-0.39, 0.29) is 17.5 Å². The minimum Gasteiger partial charge on any atom is -0.328 e. The Bertz CT molecular complexity index is 895. The number of H-pyrrole nitrogens is 1. The molecule has 126 valence electrons. The first-order valence-electron chi connectivity index (χ1n) is 8.12. The average molecular weight is 337 g/mol. The van der Waals surface area contributed by atoms with Crippen molar-refractivity contribution in [2.24, 2.45) is 0 Å². The van der Waals surface area contributed by atoms with Gasteiger partial charge in [0.25, 0.3) is 5.91 Å². The van der Waals surface area contributed by atoms with Gasteiger partial charge in [-0.3, -0.25) is 14.9 Å². The number of carbonyl (C=O) groups is 1. The van der Waals surface area contributed by atoms with Gasteiger partial charge >= 0.3 is 0 Å². The predicted molar refractivity (Wildman–Crippen MR) is 89.0 cm³/mol. The lowest BCUT2D eigenvalue weighted by Gasteiger charge is -2.23. The summed E-state index contributed by atoms with van der Waals surface area (Å²) in [6.45, 7) is 0.562. The van der Waals surface area contributed by atoms with Crippen molar-refractivity contribution >= 4 is 5.91 Å². The molecule has 0 spiro atoms. The third-order valence-electron chi connectivity index (χ3n) is 4.37. The van der Waals surface area contributed by atoms with E-state index in [0.717, 1.165) is 24.6 Å². The van der Waals surface area contributed by atoms with Gasteiger partial charge < -0.3 is 4.90 Å². The van der Waals surface area contributed by atoms with Gasteiger partial charge in [-0.15, -0.1) is 0 Å². The Balaban J connectivity index is 1.61. The van der Waals surface area contributed by atoms with Crippen LogP contribution in [0.5, 0.6) is 0 Å². The lowest BCUT2D eigenvalue weighted by Crippen LogP contribution is -2.31. The number of carbonyl (C=O) groups excluding carboxylic acids is 1. The number of hydrogen-bond donors (Lipinski definition) is 1. The van der Waals surface area contributed by atoms with E-state index >= 15 is 0 Å². The highest BCUT2D eigenvalue weighted by molar-refractivity contribution is 5.94. The molecule has 3 aromatic rings. The van der Waals surface area contributed by atoms with Crippen LogP contribution in [0.25, 0.3) is 11.4 Å². The van der Waals surface area contributed by atoms with Crippen molar-refractivity contribution in [1.82, 2.24) is 25.1 Å². The zero-order valence-corrected chi connectivity index (χ0v) is 13.4. The van der Waals surface area contributed by atoms with Crippen LogP contribution in [0.2, 0.25) is 0 Å². The van der Waals surface area contributed by atoms with Gasteiger partial charge in [-0.25, -0.2) is 9.37 Å². The number of rotatable bonds is 3. The van der Waals surface area contributed by atoms with Gasteiger partial charge in [-0.05, 0) is 18.9 Å². The van der Waals surface area contributed by atoms with Gasteiger partial charge in [0.2, 0.25) is 0 Å². The van der Waals surface area contributed by atoms with Crippen LogP contribution < -0.4 is 0 Å². The number of amides is 1. The van der Waals surface area contributed by atoms with E-state index in [9.17, 15) is 9.18 Å². The number of aromatic nitrogens is 4. The summed E-state index contributed by atoms with van der Waals surface area (Å²) in [4.78, 5) is 22.6. The Morgan fingerprint density at radius 2 is 2.08 bits per heavy atom. The number of nitrogens with zero attached hydrogens (tertiary/aromatic N) is 4. The van der Waals surface area contributed by atoms with E-state index in [0.29, 0.717) is 18.2 Å². The fourth-order valence-corrected chi connectivity index (χ4v) is 3.14. The smallest absolute Gasteiger partial charge is 0.257 e. The first-order chi connectivity index (χ1) is 12.2. The zero-order valence-electron chi connectivity index (χ0n) is 13.4. The zero-order chi connectivity index (χ0) is 17.2. The normalized spacial score (nSPS) is 17.0. The van der Waals surface area contributed by atoms with Gasteiger partial charge in [-0.1, -0.05) is 30.3 Å². The molecule has 3 heterocycles. The van der Waals surface area contributed by atoms with Gasteiger partial charge in [0.05, 0.1) is 17.8 Å². The molecule has 1 N–H and O–H groups in total. The van der Waals surface area contributed by atoms with Crippen LogP contribution >= 0.6 is 0 Å². The molecule has 0 saturated carbocycles. The Morgan fingerprint density at radius 3 is 2.88 bits per heavy atom. The van der Waals surface area contributed by atoms with Crippen molar-refractivity contribution in [3.8, 4) is 11.4 Å². The first-order valence-corrected chi connectivity index (χ1v) is 8.12. The highest BCUT2D eigenvalue weighted by Crippen LogP contribution is 2.32. The van der Waals surface area contributed by atoms with E-state index in [4.69, 9.17) is 0 Å². The number of hydrogen-bond acceptors (Lipinski definition) is 4. The molecule has 2 aromatic heterocycles. The molecule has 1 amide bonds. The molecule has 1 aromatic carbocycles. The molecule has 7 heteroatoms. The minimum absolute atomic E-state index is 0.0321. The van der Waals surface area contributed by atoms with Crippen LogP contribution in [0.15, 0.2) is 48.8 Å². The van der Waals surface area contributed by atoms with Crippen LogP contribution in [0.3, 0.4) is 0 Å². The number of aromatic amines is 1. The monoisotopic (exact) mass is 337 g/mol. The molecule has 0 unspecified atom stereocenters. The van der Waals surface area contributed by atoms with Crippen molar-refractivity contribution in [3.05, 3.63) is 66.0 Å². The van der Waals surface area contributed by atoms with Crippen LogP contribution in [-0.2, 0) is 0 Å². The number of nitrogens with one attached hydrogen (secondary N) is 1. The van der Waals surface area contributed by atoms with Gasteiger partial charge in [-0.2, -0.15) is 5.10 Å². The van der Waals surface area contributed by atoms with Crippen LogP contribution in [0.4, 0.5) is 4.39 Å². The Labute approximate surface area is 143 Å². The fraction of sp³-hybridized carbons (Fsp3) is 0.222. The summed E-state index contributed by atoms with van der Waals surface area (Å²) in [7, 11) is 0. The van der Waals surface area contributed by atoms with Crippen molar-refractivity contribution < 1.29 is 9.18 Å². The van der Waals surface area contributed by atoms with Gasteiger partial charge in [0.15, 0.2) is 11.6 Å². The highest BCUT2D eigenvalue weighted by Gasteiger charge is 2.34. The summed E-state index contributed by atoms with van der Waals surface area (Å²) in [6.07, 6.45) is 4.08. The second-order valence-corrected chi connectivity index (χ2v) is 5.92. The summed E-state index contributed by atoms with van der Waals surface area (Å²) >= 11 is 0. The van der Waals surface area contributed by atoms with Crippen LogP contribution in [0, 0.1) is 5.82 Å². The van der Waals surface area contributed by atoms with E-state index in [1.54, 1.807) is 4.90 Å². The first kappa shape index (κ1) is 15.4. The van der Waals surface area contributed by atoms with Crippen molar-refractivity contribution in [3.63, 3.8) is 0 Å². The Hall–Kier alpha value is -3.09. The highest BCUT2D eigenvalue weighted by atomic mass is 19.1. The molecule has 1 aliphatic rings. The molecule has 0 bridgehead atoms. The molecule has 0 aliphatic carbocycles. The topological polar surface area (TPSA) is 74.8 Å². The maximum atomic E-state index is 13.9. The van der Waals surface area contributed by atoms with Crippen molar-refractivity contribution in [2.45, 2.75) is 18.9 Å². The molecular formula is C18H16FN5O. The molecule has 25 heavy (non-hydrogen) atoms. The third kappa shape index (κ3) is 2.88. The van der Waals surface area contributed by atoms with E-state index < -0.39 is 5.82 Å². The maximum Gasteiger partial charge on any atom is 0.257 e. The summed E-state index contributed by atoms with van der Waals surface area (Å²) in [6, 6.07) is 10.8. The van der Waals surface area contributed by atoms with Crippen LogP contribution in [0.1, 0.15) is 35.1 Å². The van der Waals surface area contributed by atoms with E-state index in [1.807, 2.05) is 30.3 Å². The molecular weight excluding hydrogens is 321 g/mol. The molecule has 1 saturated heterocycles. The Morgan fingerprint density at radius 1 is 1.24 bits per heavy atom.